The Kier molecular flexibility index (Phi) is 5.34. The Balaban J connectivity index is 2.13. The van der Waals surface area contributed by atoms with Gasteiger partial charge >= 0.3 is 0 Å². The molecule has 0 aromatic heterocycles. The van der Waals surface area contributed by atoms with Gasteiger partial charge in [-0.05, 0) is 23.5 Å². The van der Waals surface area contributed by atoms with Gasteiger partial charge in [-0.2, -0.15) is 0 Å². The van der Waals surface area contributed by atoms with Crippen LogP contribution in [0.1, 0.15) is 43.4 Å². The van der Waals surface area contributed by atoms with E-state index in [4.69, 9.17) is 0 Å². The molecule has 2 nitrogen and oxygen atoms in total. The van der Waals surface area contributed by atoms with Crippen molar-refractivity contribution in [3.8, 4) is 0 Å². The van der Waals surface area contributed by atoms with Crippen LogP contribution in [0.5, 0.6) is 0 Å². The van der Waals surface area contributed by atoms with Gasteiger partial charge in [0.25, 0.3) is 0 Å². The van der Waals surface area contributed by atoms with Crippen LogP contribution in [-0.4, -0.2) is 37.8 Å². The van der Waals surface area contributed by atoms with Gasteiger partial charge in [0.1, 0.15) is 0 Å². The molecule has 1 heterocycles. The molecule has 2 rings (SSSR count). The molecule has 1 aliphatic rings. The van der Waals surface area contributed by atoms with Crippen LogP contribution in [0.2, 0.25) is 0 Å². The number of nitrogens with one attached hydrogen (secondary N) is 1. The minimum atomic E-state index is -0.249. The highest BCUT2D eigenvalue weighted by Crippen LogP contribution is 2.26. The van der Waals surface area contributed by atoms with E-state index in [0.717, 1.165) is 26.2 Å². The van der Waals surface area contributed by atoms with Gasteiger partial charge in [0.15, 0.2) is 0 Å². The van der Waals surface area contributed by atoms with E-state index in [1.807, 2.05) is 0 Å². The van der Waals surface area contributed by atoms with Gasteiger partial charge in [0, 0.05) is 32.2 Å². The van der Waals surface area contributed by atoms with Crippen molar-refractivity contribution in [2.45, 2.75) is 32.2 Å². The molecule has 1 aromatic rings. The van der Waals surface area contributed by atoms with Crippen molar-refractivity contribution in [1.29, 1.82) is 0 Å². The first-order valence-electron chi connectivity index (χ1n) is 7.33. The van der Waals surface area contributed by atoms with Gasteiger partial charge < -0.3 is 5.32 Å². The molecule has 0 amide bonds. The molecule has 1 fully saturated rings. The number of hydrogen-bond acceptors (Lipinski definition) is 2. The minimum absolute atomic E-state index is 0.230. The van der Waals surface area contributed by atoms with Gasteiger partial charge in [-0.1, -0.05) is 38.1 Å². The van der Waals surface area contributed by atoms with E-state index in [0.29, 0.717) is 12.3 Å². The largest absolute Gasteiger partial charge is 0.314 e. The molecule has 106 valence electrons. The number of benzene rings is 1. The van der Waals surface area contributed by atoms with Gasteiger partial charge in [-0.15, -0.1) is 0 Å². The van der Waals surface area contributed by atoms with Crippen LogP contribution in [0.3, 0.4) is 0 Å². The molecular formula is C16H25FN2. The van der Waals surface area contributed by atoms with Crippen LogP contribution in [0.4, 0.5) is 4.39 Å². The second-order valence-electron chi connectivity index (χ2n) is 5.60. The van der Waals surface area contributed by atoms with E-state index in [9.17, 15) is 4.39 Å². The second kappa shape index (κ2) is 7.01. The lowest BCUT2D eigenvalue weighted by Crippen LogP contribution is -2.45. The van der Waals surface area contributed by atoms with Gasteiger partial charge in [0.05, 0.1) is 6.67 Å². The van der Waals surface area contributed by atoms with Crippen molar-refractivity contribution in [1.82, 2.24) is 10.2 Å². The maximum atomic E-state index is 12.8. The quantitative estimate of drug-likeness (QED) is 0.879. The maximum Gasteiger partial charge on any atom is 0.0912 e. The third-order valence-electron chi connectivity index (χ3n) is 3.96. The number of alkyl halides is 1. The summed E-state index contributed by atoms with van der Waals surface area (Å²) in [4.78, 5) is 2.40. The van der Waals surface area contributed by atoms with Gasteiger partial charge in [0.2, 0.25) is 0 Å². The molecule has 1 aliphatic heterocycles. The third kappa shape index (κ3) is 3.77. The van der Waals surface area contributed by atoms with Crippen molar-refractivity contribution in [2.24, 2.45) is 0 Å². The fourth-order valence-corrected chi connectivity index (χ4v) is 2.76. The molecule has 0 spiro atoms. The molecule has 1 saturated heterocycles. The van der Waals surface area contributed by atoms with Crippen LogP contribution >= 0.6 is 0 Å². The van der Waals surface area contributed by atoms with E-state index in [1.165, 1.54) is 11.1 Å². The number of halogens is 1. The van der Waals surface area contributed by atoms with Gasteiger partial charge in [-0.3, -0.25) is 9.29 Å². The van der Waals surface area contributed by atoms with Crippen LogP contribution in [0.15, 0.2) is 24.3 Å². The fraction of sp³-hybridized carbons (Fsp3) is 0.625. The van der Waals surface area contributed by atoms with Gasteiger partial charge in [-0.25, -0.2) is 0 Å². The molecule has 1 N–H and O–H groups in total. The number of piperazine rings is 1. The fourth-order valence-electron chi connectivity index (χ4n) is 2.76. The molecule has 1 aromatic carbocycles. The average Bonchev–Trinajstić information content (AvgIpc) is 2.46. The summed E-state index contributed by atoms with van der Waals surface area (Å²) in [6, 6.07) is 8.96. The van der Waals surface area contributed by atoms with Crippen molar-refractivity contribution in [3.05, 3.63) is 35.4 Å². The van der Waals surface area contributed by atoms with Crippen molar-refractivity contribution in [2.75, 3.05) is 32.9 Å². The van der Waals surface area contributed by atoms with Crippen molar-refractivity contribution >= 4 is 0 Å². The van der Waals surface area contributed by atoms with E-state index < -0.39 is 0 Å². The molecule has 19 heavy (non-hydrogen) atoms. The number of rotatable bonds is 5. The molecule has 3 heteroatoms. The van der Waals surface area contributed by atoms with Crippen LogP contribution in [0.25, 0.3) is 0 Å². The van der Waals surface area contributed by atoms with E-state index in [-0.39, 0.29) is 12.7 Å². The van der Waals surface area contributed by atoms with E-state index in [2.05, 4.69) is 48.3 Å². The first-order chi connectivity index (χ1) is 9.22. The Morgan fingerprint density at radius 2 is 1.68 bits per heavy atom. The standard InChI is InChI=1S/C16H25FN2/c1-13(2)14-3-5-15(6-4-14)16(7-8-17)19-11-9-18-10-12-19/h3-6,13,16,18H,7-12H2,1-2H3/t16-/m0/s1. The maximum absolute atomic E-state index is 12.8. The van der Waals surface area contributed by atoms with Crippen molar-refractivity contribution in [3.63, 3.8) is 0 Å². The summed E-state index contributed by atoms with van der Waals surface area (Å²) >= 11 is 0. The smallest absolute Gasteiger partial charge is 0.0912 e. The third-order valence-corrected chi connectivity index (χ3v) is 3.96. The molecule has 0 saturated carbocycles. The lowest BCUT2D eigenvalue weighted by atomic mass is 9.97. The molecule has 0 radical (unpaired) electrons. The lowest BCUT2D eigenvalue weighted by Gasteiger charge is -2.35. The summed E-state index contributed by atoms with van der Waals surface area (Å²) in [5.41, 5.74) is 2.60. The normalized spacial score (nSPS) is 18.7. The SMILES string of the molecule is CC(C)c1ccc([C@H](CCF)N2CCNCC2)cc1. The first-order valence-corrected chi connectivity index (χ1v) is 7.33. The summed E-state index contributed by atoms with van der Waals surface area (Å²) in [5.74, 6) is 0.549. The Bertz CT molecular complexity index is 369. The topological polar surface area (TPSA) is 15.3 Å². The second-order valence-corrected chi connectivity index (χ2v) is 5.60. The van der Waals surface area contributed by atoms with Crippen LogP contribution < -0.4 is 5.32 Å². The number of nitrogens with zero attached hydrogens (tertiary/aromatic N) is 1. The van der Waals surface area contributed by atoms with E-state index in [1.54, 1.807) is 0 Å². The number of hydrogen-bond donors (Lipinski definition) is 1. The summed E-state index contributed by atoms with van der Waals surface area (Å²) < 4.78 is 12.8. The van der Waals surface area contributed by atoms with Crippen LogP contribution in [-0.2, 0) is 0 Å². The highest BCUT2D eigenvalue weighted by atomic mass is 19.1. The van der Waals surface area contributed by atoms with Crippen molar-refractivity contribution < 1.29 is 4.39 Å². The Labute approximate surface area is 116 Å². The molecule has 0 unspecified atom stereocenters. The zero-order chi connectivity index (χ0) is 13.7. The zero-order valence-electron chi connectivity index (χ0n) is 12.0. The molecular weight excluding hydrogens is 239 g/mol. The highest BCUT2D eigenvalue weighted by Gasteiger charge is 2.21. The highest BCUT2D eigenvalue weighted by molar-refractivity contribution is 5.27. The predicted octanol–water partition coefficient (Wildman–Crippen LogP) is 3.12. The Hall–Kier alpha value is -0.930. The summed E-state index contributed by atoms with van der Waals surface area (Å²) in [7, 11) is 0. The molecule has 0 bridgehead atoms. The molecule has 0 aliphatic carbocycles. The minimum Gasteiger partial charge on any atom is -0.314 e. The average molecular weight is 264 g/mol. The summed E-state index contributed by atoms with van der Waals surface area (Å²) in [6.07, 6.45) is 0.598. The van der Waals surface area contributed by atoms with Crippen LogP contribution in [0, 0.1) is 0 Å². The Morgan fingerprint density at radius 1 is 1.11 bits per heavy atom. The lowest BCUT2D eigenvalue weighted by molar-refractivity contribution is 0.157. The first kappa shape index (κ1) is 14.5. The Morgan fingerprint density at radius 3 is 2.21 bits per heavy atom. The summed E-state index contributed by atoms with van der Waals surface area (Å²) in [6.45, 7) is 8.18. The predicted molar refractivity (Wildman–Crippen MR) is 78.3 cm³/mol. The molecule has 1 atom stereocenters. The van der Waals surface area contributed by atoms with E-state index >= 15 is 0 Å². The zero-order valence-corrected chi connectivity index (χ0v) is 12.0. The summed E-state index contributed by atoms with van der Waals surface area (Å²) in [5, 5.41) is 3.35. The monoisotopic (exact) mass is 264 g/mol.